The second-order valence-corrected chi connectivity index (χ2v) is 10.5. The van der Waals surface area contributed by atoms with E-state index in [2.05, 4.69) is 29.0 Å². The van der Waals surface area contributed by atoms with Crippen molar-refractivity contribution < 1.29 is 27.4 Å². The molecule has 0 bridgehead atoms. The van der Waals surface area contributed by atoms with E-state index in [4.69, 9.17) is 14.2 Å². The van der Waals surface area contributed by atoms with E-state index in [0.717, 1.165) is 15.1 Å². The Labute approximate surface area is 238 Å². The highest BCUT2D eigenvalue weighted by molar-refractivity contribution is 7.90. The first-order valence-electron chi connectivity index (χ1n) is 12.5. The third-order valence-corrected chi connectivity index (χ3v) is 7.82. The molecule has 0 spiro atoms. The minimum Gasteiger partial charge on any atom is -0.493 e. The molecule has 0 aliphatic rings. The number of benzene rings is 2. The molecule has 0 fully saturated rings. The fraction of sp³-hybridized carbons (Fsp3) is 0.125. The van der Waals surface area contributed by atoms with Crippen LogP contribution in [0.5, 0.6) is 11.5 Å². The minimum absolute atomic E-state index is 0.0447. The third-order valence-electron chi connectivity index (χ3n) is 6.23. The highest BCUT2D eigenvalue weighted by Gasteiger charge is 2.22. The highest BCUT2D eigenvalue weighted by atomic mass is 32.2. The molecule has 0 saturated carbocycles. The van der Waals surface area contributed by atoms with E-state index < -0.39 is 16.0 Å². The van der Waals surface area contributed by atoms with Crippen molar-refractivity contribution in [2.45, 2.75) is 11.8 Å². The van der Waals surface area contributed by atoms with Crippen LogP contribution in [0.3, 0.4) is 0 Å². The van der Waals surface area contributed by atoms with Crippen molar-refractivity contribution in [1.29, 1.82) is 0 Å². The Morgan fingerprint density at radius 1 is 0.976 bits per heavy atom. The van der Waals surface area contributed by atoms with E-state index in [9.17, 15) is 13.2 Å². The molecule has 0 saturated heterocycles. The van der Waals surface area contributed by atoms with Gasteiger partial charge in [-0.05, 0) is 73.2 Å². The van der Waals surface area contributed by atoms with Crippen molar-refractivity contribution in [1.82, 2.24) is 8.96 Å². The van der Waals surface area contributed by atoms with Crippen LogP contribution in [0.2, 0.25) is 0 Å². The number of carbonyl (C=O) groups excluding carboxylic acids is 1. The van der Waals surface area contributed by atoms with E-state index in [1.165, 1.54) is 12.3 Å². The third kappa shape index (κ3) is 5.44. The highest BCUT2D eigenvalue weighted by Crippen LogP contribution is 2.34. The standard InChI is InChI=1S/C32H24N2O6S/c1-4-40-32(35)23-13-10-22(11-14-23)12-15-25-21-34(41(36,37)27-8-6-5-7-9-27)31-28(25)18-26(20-33-31)24-16-17-29(38-2)30(19-24)39-3/h5-6,8,10-11,13-14,16-21H,4H2,1-3H3. The van der Waals surface area contributed by atoms with Gasteiger partial charge < -0.3 is 14.2 Å². The van der Waals surface area contributed by atoms with Crippen molar-refractivity contribution in [3.63, 3.8) is 0 Å². The van der Waals surface area contributed by atoms with Crippen LogP contribution < -0.4 is 9.47 Å². The summed E-state index contributed by atoms with van der Waals surface area (Å²) in [6.07, 6.45) is 3.05. The quantitative estimate of drug-likeness (QED) is 0.200. The van der Waals surface area contributed by atoms with Crippen molar-refractivity contribution in [3.8, 4) is 34.5 Å². The lowest BCUT2D eigenvalue weighted by Crippen LogP contribution is -2.12. The summed E-state index contributed by atoms with van der Waals surface area (Å²) in [5.74, 6) is 6.86. The molecule has 0 radical (unpaired) electrons. The zero-order chi connectivity index (χ0) is 29.0. The largest absolute Gasteiger partial charge is 0.493 e. The van der Waals surface area contributed by atoms with Crippen molar-refractivity contribution >= 4 is 27.0 Å². The fourth-order valence-corrected chi connectivity index (χ4v) is 5.44. The molecule has 3 aromatic carbocycles. The molecule has 204 valence electrons. The Kier molecular flexibility index (Phi) is 7.64. The molecule has 0 amide bonds. The molecule has 0 atom stereocenters. The monoisotopic (exact) mass is 564 g/mol. The lowest BCUT2D eigenvalue weighted by atomic mass is 10.0. The average molecular weight is 565 g/mol. The minimum atomic E-state index is -4.03. The molecule has 2 heterocycles. The number of fused-ring (bicyclic) bond motifs is 1. The molecule has 9 heteroatoms. The van der Waals surface area contributed by atoms with Crippen molar-refractivity contribution in [3.05, 3.63) is 108 Å². The first-order chi connectivity index (χ1) is 19.8. The van der Waals surface area contributed by atoms with Gasteiger partial charge in [0.15, 0.2) is 17.1 Å². The number of esters is 1. The van der Waals surface area contributed by atoms with Crippen LogP contribution in [0, 0.1) is 24.0 Å². The molecule has 0 aliphatic heterocycles. The number of nitrogens with zero attached hydrogens (tertiary/aromatic N) is 2. The molecule has 5 rings (SSSR count). The Balaban J connectivity index is 1.64. The molecular formula is C32H24N2O6S. The van der Waals surface area contributed by atoms with Crippen LogP contribution in [0.1, 0.15) is 28.4 Å². The van der Waals surface area contributed by atoms with Gasteiger partial charge in [0.25, 0.3) is 10.0 Å². The van der Waals surface area contributed by atoms with Gasteiger partial charge in [0.1, 0.15) is 4.90 Å². The van der Waals surface area contributed by atoms with Crippen LogP contribution in [0.4, 0.5) is 0 Å². The molecule has 5 aromatic rings. The summed E-state index contributed by atoms with van der Waals surface area (Å²) in [5, 5.41) is 0.538. The zero-order valence-electron chi connectivity index (χ0n) is 22.5. The number of hydrogen-bond donors (Lipinski definition) is 0. The summed E-state index contributed by atoms with van der Waals surface area (Å²) in [5.41, 5.74) is 3.25. The number of pyridine rings is 1. The summed E-state index contributed by atoms with van der Waals surface area (Å²) in [4.78, 5) is 16.5. The lowest BCUT2D eigenvalue weighted by molar-refractivity contribution is 0.0526. The average Bonchev–Trinajstić information content (AvgIpc) is 3.39. The van der Waals surface area contributed by atoms with Gasteiger partial charge in [-0.3, -0.25) is 0 Å². The number of rotatable bonds is 7. The Morgan fingerprint density at radius 3 is 2.44 bits per heavy atom. The number of hydrogen-bond acceptors (Lipinski definition) is 7. The van der Waals surface area contributed by atoms with Gasteiger partial charge in [-0.2, -0.15) is 8.42 Å². The number of carbonyl (C=O) groups is 1. The maximum atomic E-state index is 13.5. The SMILES string of the molecule is CCOC(=O)c1ccc(C#Cc2cn(S(=O)(=O)c3c#cccc3)c3ncc(-c4ccc(OC)c(OC)c4)cc23)cc1. The van der Waals surface area contributed by atoms with E-state index in [1.807, 2.05) is 18.2 Å². The van der Waals surface area contributed by atoms with Crippen LogP contribution >= 0.6 is 0 Å². The van der Waals surface area contributed by atoms with E-state index in [0.29, 0.717) is 33.6 Å². The molecule has 41 heavy (non-hydrogen) atoms. The lowest BCUT2D eigenvalue weighted by Gasteiger charge is -2.10. The van der Waals surface area contributed by atoms with E-state index in [-0.39, 0.29) is 17.1 Å². The van der Waals surface area contributed by atoms with E-state index >= 15 is 0 Å². The van der Waals surface area contributed by atoms with Crippen molar-refractivity contribution in [2.75, 3.05) is 20.8 Å². The van der Waals surface area contributed by atoms with Gasteiger partial charge in [-0.25, -0.2) is 13.8 Å². The van der Waals surface area contributed by atoms with Crippen LogP contribution in [0.25, 0.3) is 22.2 Å². The normalized spacial score (nSPS) is 10.8. The smallest absolute Gasteiger partial charge is 0.338 e. The second-order valence-electron chi connectivity index (χ2n) is 8.72. The first kappa shape index (κ1) is 27.3. The maximum Gasteiger partial charge on any atom is 0.338 e. The molecule has 0 unspecified atom stereocenters. The van der Waals surface area contributed by atoms with Crippen LogP contribution in [0.15, 0.2) is 84.0 Å². The summed E-state index contributed by atoms with van der Waals surface area (Å²) >= 11 is 0. The predicted octanol–water partition coefficient (Wildman–Crippen LogP) is 5.13. The zero-order valence-corrected chi connectivity index (χ0v) is 23.3. The molecular weight excluding hydrogens is 540 g/mol. The molecule has 8 nitrogen and oxygen atoms in total. The Morgan fingerprint density at radius 2 is 1.76 bits per heavy atom. The molecule has 2 aromatic heterocycles. The fourth-order valence-electron chi connectivity index (χ4n) is 4.17. The second kappa shape index (κ2) is 11.5. The van der Waals surface area contributed by atoms with Gasteiger partial charge in [0, 0.05) is 28.9 Å². The van der Waals surface area contributed by atoms with Crippen LogP contribution in [-0.4, -0.2) is 44.2 Å². The van der Waals surface area contributed by atoms with Gasteiger partial charge in [-0.1, -0.05) is 30.0 Å². The number of ether oxygens (including phenoxy) is 3. The van der Waals surface area contributed by atoms with Gasteiger partial charge in [0.05, 0.1) is 32.0 Å². The summed E-state index contributed by atoms with van der Waals surface area (Å²) in [6.45, 7) is 2.03. The molecule has 0 aliphatic carbocycles. The van der Waals surface area contributed by atoms with Crippen molar-refractivity contribution in [2.24, 2.45) is 0 Å². The van der Waals surface area contributed by atoms with Crippen LogP contribution in [-0.2, 0) is 14.8 Å². The van der Waals surface area contributed by atoms with Gasteiger partial charge >= 0.3 is 5.97 Å². The Bertz CT molecular complexity index is 1900. The maximum absolute atomic E-state index is 13.5. The van der Waals surface area contributed by atoms with Gasteiger partial charge in [-0.15, -0.1) is 0 Å². The van der Waals surface area contributed by atoms with E-state index in [1.54, 1.807) is 69.8 Å². The summed E-state index contributed by atoms with van der Waals surface area (Å²) in [7, 11) is -0.918. The number of methoxy groups -OCH3 is 2. The topological polar surface area (TPSA) is 96.7 Å². The predicted molar refractivity (Wildman–Crippen MR) is 153 cm³/mol. The number of aromatic nitrogens is 2. The Hall–Kier alpha value is -5.25. The first-order valence-corrected chi connectivity index (χ1v) is 14.0. The summed E-state index contributed by atoms with van der Waals surface area (Å²) < 4.78 is 44.0. The van der Waals surface area contributed by atoms with Gasteiger partial charge in [0.2, 0.25) is 0 Å². The molecule has 0 N–H and O–H groups in total. The summed E-state index contributed by atoms with van der Waals surface area (Å²) in [6, 6.07) is 23.9.